The van der Waals surface area contributed by atoms with Crippen LogP contribution in [0.2, 0.25) is 0 Å². The first-order chi connectivity index (χ1) is 9.08. The number of anilines is 1. The van der Waals surface area contributed by atoms with Gasteiger partial charge in [-0.1, -0.05) is 0 Å². The largest absolute Gasteiger partial charge is 0.393 e. The van der Waals surface area contributed by atoms with Crippen molar-refractivity contribution in [1.29, 1.82) is 0 Å². The van der Waals surface area contributed by atoms with E-state index in [-0.39, 0.29) is 23.5 Å². The molecule has 0 bridgehead atoms. The summed E-state index contributed by atoms with van der Waals surface area (Å²) < 4.78 is 0. The van der Waals surface area contributed by atoms with Gasteiger partial charge < -0.3 is 16.0 Å². The second-order valence-corrected chi connectivity index (χ2v) is 3.75. The Morgan fingerprint density at radius 2 is 2.32 bits per heavy atom. The summed E-state index contributed by atoms with van der Waals surface area (Å²) in [4.78, 5) is 28.7. The number of amides is 1. The molecule has 1 aromatic heterocycles. The maximum absolute atomic E-state index is 11.8. The molecule has 19 heavy (non-hydrogen) atoms. The summed E-state index contributed by atoms with van der Waals surface area (Å²) in [6.45, 7) is 0.212. The van der Waals surface area contributed by atoms with E-state index in [1.807, 2.05) is 0 Å². The number of nitrogens with two attached hydrogens (primary N) is 1. The van der Waals surface area contributed by atoms with E-state index in [4.69, 9.17) is 5.73 Å². The lowest BCUT2D eigenvalue weighted by Gasteiger charge is -2.04. The summed E-state index contributed by atoms with van der Waals surface area (Å²) in [5, 5.41) is 13.3. The molecule has 1 heterocycles. The molecule has 0 aliphatic rings. The van der Waals surface area contributed by atoms with Crippen molar-refractivity contribution >= 4 is 17.3 Å². The number of rotatable bonds is 4. The molecule has 2 rings (SSSR count). The number of nitrogens with one attached hydrogen (secondary N) is 2. The molecule has 0 saturated carbocycles. The summed E-state index contributed by atoms with van der Waals surface area (Å²) >= 11 is 0. The van der Waals surface area contributed by atoms with Crippen molar-refractivity contribution < 1.29 is 9.72 Å². The number of nitro groups is 1. The molecular weight excluding hydrogens is 250 g/mol. The lowest BCUT2D eigenvalue weighted by atomic mass is 10.1. The highest BCUT2D eigenvalue weighted by Crippen LogP contribution is 2.22. The molecule has 0 saturated heterocycles. The molecule has 0 unspecified atom stereocenters. The summed E-state index contributed by atoms with van der Waals surface area (Å²) in [5.74, 6) is 0.165. The molecule has 0 aliphatic heterocycles. The van der Waals surface area contributed by atoms with Gasteiger partial charge in [0.1, 0.15) is 11.5 Å². The third-order valence-corrected chi connectivity index (χ3v) is 2.46. The Morgan fingerprint density at radius 3 is 2.95 bits per heavy atom. The van der Waals surface area contributed by atoms with Crippen molar-refractivity contribution in [2.45, 2.75) is 6.54 Å². The summed E-state index contributed by atoms with van der Waals surface area (Å²) in [6, 6.07) is 3.91. The van der Waals surface area contributed by atoms with Gasteiger partial charge in [0, 0.05) is 24.0 Å². The first-order valence-corrected chi connectivity index (χ1v) is 5.38. The number of hydrogen-bond acceptors (Lipinski definition) is 5. The normalized spacial score (nSPS) is 10.1. The van der Waals surface area contributed by atoms with Crippen molar-refractivity contribution in [2.75, 3.05) is 5.73 Å². The highest BCUT2D eigenvalue weighted by molar-refractivity contribution is 5.95. The Labute approximate surface area is 107 Å². The van der Waals surface area contributed by atoms with E-state index in [1.165, 1.54) is 12.1 Å². The van der Waals surface area contributed by atoms with Crippen molar-refractivity contribution in [1.82, 2.24) is 15.3 Å². The van der Waals surface area contributed by atoms with Crippen molar-refractivity contribution in [2.24, 2.45) is 0 Å². The zero-order valence-electron chi connectivity index (χ0n) is 9.79. The molecule has 0 radical (unpaired) electrons. The van der Waals surface area contributed by atoms with E-state index in [0.717, 1.165) is 6.07 Å². The maximum atomic E-state index is 11.8. The molecule has 1 amide bonds. The third-order valence-electron chi connectivity index (χ3n) is 2.46. The van der Waals surface area contributed by atoms with Gasteiger partial charge in [-0.3, -0.25) is 14.9 Å². The first-order valence-electron chi connectivity index (χ1n) is 5.38. The van der Waals surface area contributed by atoms with Gasteiger partial charge in [0.2, 0.25) is 0 Å². The minimum absolute atomic E-state index is 0.0209. The van der Waals surface area contributed by atoms with Gasteiger partial charge in [0.05, 0.1) is 11.5 Å². The Morgan fingerprint density at radius 1 is 1.53 bits per heavy atom. The average molecular weight is 261 g/mol. The fourth-order valence-electron chi connectivity index (χ4n) is 1.50. The summed E-state index contributed by atoms with van der Waals surface area (Å²) in [7, 11) is 0. The lowest BCUT2D eigenvalue weighted by Crippen LogP contribution is -2.23. The number of carbonyl (C=O) groups is 1. The van der Waals surface area contributed by atoms with Crippen LogP contribution < -0.4 is 11.1 Å². The Kier molecular flexibility index (Phi) is 3.42. The molecule has 8 heteroatoms. The third kappa shape index (κ3) is 2.86. The minimum Gasteiger partial charge on any atom is -0.393 e. The van der Waals surface area contributed by atoms with E-state index >= 15 is 0 Å². The molecule has 4 N–H and O–H groups in total. The van der Waals surface area contributed by atoms with Crippen LogP contribution in [0.25, 0.3) is 0 Å². The second-order valence-electron chi connectivity index (χ2n) is 3.75. The first kappa shape index (κ1) is 12.6. The average Bonchev–Trinajstić information content (AvgIpc) is 2.89. The number of benzene rings is 1. The van der Waals surface area contributed by atoms with Gasteiger partial charge in [-0.05, 0) is 12.1 Å². The van der Waals surface area contributed by atoms with Crippen LogP contribution in [0, 0.1) is 10.1 Å². The SMILES string of the molecule is Nc1ccc(C(=O)NCc2ncc[nH]2)cc1[N+](=O)[O-]. The lowest BCUT2D eigenvalue weighted by molar-refractivity contribution is -0.383. The monoisotopic (exact) mass is 261 g/mol. The molecule has 0 atom stereocenters. The van der Waals surface area contributed by atoms with Gasteiger partial charge in [-0.25, -0.2) is 4.98 Å². The number of imidazole rings is 1. The van der Waals surface area contributed by atoms with Gasteiger partial charge in [-0.2, -0.15) is 0 Å². The Hall–Kier alpha value is -2.90. The highest BCUT2D eigenvalue weighted by atomic mass is 16.6. The molecule has 2 aromatic rings. The minimum atomic E-state index is -0.626. The number of nitro benzene ring substituents is 1. The van der Waals surface area contributed by atoms with Crippen LogP contribution in [0.3, 0.4) is 0 Å². The molecule has 8 nitrogen and oxygen atoms in total. The predicted molar refractivity (Wildman–Crippen MR) is 67.3 cm³/mol. The number of nitrogen functional groups attached to an aromatic ring is 1. The smallest absolute Gasteiger partial charge is 0.292 e. The van der Waals surface area contributed by atoms with Crippen molar-refractivity contribution in [3.05, 3.63) is 52.1 Å². The van der Waals surface area contributed by atoms with Gasteiger partial charge in [-0.15, -0.1) is 0 Å². The van der Waals surface area contributed by atoms with E-state index < -0.39 is 10.8 Å². The molecule has 0 spiro atoms. The van der Waals surface area contributed by atoms with E-state index in [9.17, 15) is 14.9 Å². The van der Waals surface area contributed by atoms with E-state index in [0.29, 0.717) is 5.82 Å². The maximum Gasteiger partial charge on any atom is 0.292 e. The molecule has 0 aliphatic carbocycles. The second kappa shape index (κ2) is 5.17. The molecular formula is C11H11N5O3. The number of carbonyl (C=O) groups excluding carboxylic acids is 1. The van der Waals surface area contributed by atoms with Crippen LogP contribution in [0.5, 0.6) is 0 Å². The Bertz CT molecular complexity index is 609. The van der Waals surface area contributed by atoms with Gasteiger partial charge >= 0.3 is 0 Å². The number of hydrogen-bond donors (Lipinski definition) is 3. The zero-order chi connectivity index (χ0) is 13.8. The van der Waals surface area contributed by atoms with Crippen LogP contribution in [-0.2, 0) is 6.54 Å². The predicted octanol–water partition coefficient (Wildman–Crippen LogP) is 0.830. The topological polar surface area (TPSA) is 127 Å². The zero-order valence-corrected chi connectivity index (χ0v) is 9.79. The van der Waals surface area contributed by atoms with E-state index in [2.05, 4.69) is 15.3 Å². The fraction of sp³-hybridized carbons (Fsp3) is 0.0909. The van der Waals surface area contributed by atoms with Crippen LogP contribution in [0.4, 0.5) is 11.4 Å². The molecule has 1 aromatic carbocycles. The Balaban J connectivity index is 2.11. The molecule has 98 valence electrons. The number of nitrogens with zero attached hydrogens (tertiary/aromatic N) is 2. The standard InChI is InChI=1S/C11H11N5O3/c12-8-2-1-7(5-9(8)16(18)19)11(17)15-6-10-13-3-4-14-10/h1-5H,6,12H2,(H,13,14)(H,15,17). The van der Waals surface area contributed by atoms with Crippen molar-refractivity contribution in [3.63, 3.8) is 0 Å². The van der Waals surface area contributed by atoms with Crippen LogP contribution in [-0.4, -0.2) is 20.8 Å². The van der Waals surface area contributed by atoms with Gasteiger partial charge in [0.15, 0.2) is 0 Å². The quantitative estimate of drug-likeness (QED) is 0.426. The number of H-pyrrole nitrogens is 1. The highest BCUT2D eigenvalue weighted by Gasteiger charge is 2.15. The van der Waals surface area contributed by atoms with Crippen LogP contribution in [0.1, 0.15) is 16.2 Å². The summed E-state index contributed by atoms with van der Waals surface area (Å²) in [5.41, 5.74) is 5.36. The van der Waals surface area contributed by atoms with Crippen molar-refractivity contribution in [3.8, 4) is 0 Å². The number of aromatic amines is 1. The van der Waals surface area contributed by atoms with Gasteiger partial charge in [0.25, 0.3) is 11.6 Å². The molecule has 0 fully saturated rings. The van der Waals surface area contributed by atoms with Crippen LogP contribution in [0.15, 0.2) is 30.6 Å². The van der Waals surface area contributed by atoms with E-state index in [1.54, 1.807) is 12.4 Å². The number of aromatic nitrogens is 2. The summed E-state index contributed by atoms with van der Waals surface area (Å²) in [6.07, 6.45) is 3.20. The fourth-order valence-corrected chi connectivity index (χ4v) is 1.50. The van der Waals surface area contributed by atoms with Crippen LogP contribution >= 0.6 is 0 Å².